The zero-order valence-electron chi connectivity index (χ0n) is 12.2. The highest BCUT2D eigenvalue weighted by Crippen LogP contribution is 2.32. The van der Waals surface area contributed by atoms with E-state index in [1.165, 1.54) is 12.7 Å². The summed E-state index contributed by atoms with van der Waals surface area (Å²) in [7, 11) is -2.89. The molecule has 0 aromatic heterocycles. The van der Waals surface area contributed by atoms with Crippen molar-refractivity contribution in [1.82, 2.24) is 4.90 Å². The summed E-state index contributed by atoms with van der Waals surface area (Å²) in [6, 6.07) is 0.876. The third kappa shape index (κ3) is 3.70. The van der Waals surface area contributed by atoms with Gasteiger partial charge in [0.1, 0.15) is 9.84 Å². The van der Waals surface area contributed by atoms with E-state index in [1.807, 2.05) is 0 Å². The van der Waals surface area contributed by atoms with Gasteiger partial charge in [0, 0.05) is 24.9 Å². The molecule has 2 rings (SSSR count). The molecule has 1 aliphatic heterocycles. The van der Waals surface area contributed by atoms with Gasteiger partial charge in [0.05, 0.1) is 5.25 Å². The van der Waals surface area contributed by atoms with Crippen molar-refractivity contribution < 1.29 is 8.42 Å². The van der Waals surface area contributed by atoms with E-state index in [0.717, 1.165) is 44.6 Å². The summed E-state index contributed by atoms with van der Waals surface area (Å²) >= 11 is 0. The van der Waals surface area contributed by atoms with Gasteiger partial charge in [-0.3, -0.25) is 4.90 Å². The molecule has 2 N–H and O–H groups in total. The number of piperidine rings is 1. The summed E-state index contributed by atoms with van der Waals surface area (Å²) in [6.07, 6.45) is 7.59. The molecule has 4 nitrogen and oxygen atoms in total. The Morgan fingerprint density at radius 3 is 2.58 bits per heavy atom. The standard InChI is InChI=1S/C14H28N2O2S/c1-11-6-7-16(13(8-11)10-15)12-4-3-5-14(9-12)19(2,17)18/h11-14H,3-10,15H2,1-2H3. The molecule has 0 aromatic rings. The highest BCUT2D eigenvalue weighted by Gasteiger charge is 2.36. The van der Waals surface area contributed by atoms with E-state index in [9.17, 15) is 8.42 Å². The van der Waals surface area contributed by atoms with Crippen LogP contribution in [0.4, 0.5) is 0 Å². The molecule has 4 atom stereocenters. The normalized spacial score (nSPS) is 38.3. The van der Waals surface area contributed by atoms with Gasteiger partial charge in [-0.1, -0.05) is 13.3 Å². The van der Waals surface area contributed by atoms with Crippen molar-refractivity contribution in [2.45, 2.75) is 62.8 Å². The van der Waals surface area contributed by atoms with Crippen LogP contribution in [0.15, 0.2) is 0 Å². The molecule has 1 heterocycles. The minimum atomic E-state index is -2.89. The van der Waals surface area contributed by atoms with Crippen molar-refractivity contribution in [2.75, 3.05) is 19.3 Å². The van der Waals surface area contributed by atoms with Crippen molar-refractivity contribution >= 4 is 9.84 Å². The van der Waals surface area contributed by atoms with Crippen molar-refractivity contribution in [3.05, 3.63) is 0 Å². The Balaban J connectivity index is 2.04. The first-order valence-electron chi connectivity index (χ1n) is 7.56. The molecule has 1 saturated carbocycles. The third-order valence-corrected chi connectivity index (χ3v) is 6.61. The lowest BCUT2D eigenvalue weighted by atomic mass is 9.87. The second kappa shape index (κ2) is 6.10. The Kier molecular flexibility index (Phi) is 4.90. The van der Waals surface area contributed by atoms with Crippen LogP contribution in [0.5, 0.6) is 0 Å². The van der Waals surface area contributed by atoms with Gasteiger partial charge in [-0.15, -0.1) is 0 Å². The second-order valence-corrected chi connectivity index (χ2v) is 8.85. The number of hydrogen-bond acceptors (Lipinski definition) is 4. The van der Waals surface area contributed by atoms with Crippen LogP contribution in [0.25, 0.3) is 0 Å². The molecule has 5 heteroatoms. The first-order valence-corrected chi connectivity index (χ1v) is 9.52. The molecular weight excluding hydrogens is 260 g/mol. The number of sulfone groups is 1. The predicted octanol–water partition coefficient (Wildman–Crippen LogP) is 1.40. The molecule has 0 spiro atoms. The van der Waals surface area contributed by atoms with Crippen molar-refractivity contribution in [3.8, 4) is 0 Å². The van der Waals surface area contributed by atoms with Gasteiger partial charge in [0.25, 0.3) is 0 Å². The topological polar surface area (TPSA) is 63.4 Å². The van der Waals surface area contributed by atoms with Gasteiger partial charge in [0.2, 0.25) is 0 Å². The number of nitrogens with two attached hydrogens (primary N) is 1. The van der Waals surface area contributed by atoms with Crippen LogP contribution >= 0.6 is 0 Å². The molecular formula is C14H28N2O2S. The lowest BCUT2D eigenvalue weighted by molar-refractivity contribution is 0.0583. The first-order chi connectivity index (χ1) is 8.91. The van der Waals surface area contributed by atoms with E-state index in [0.29, 0.717) is 18.6 Å². The maximum atomic E-state index is 11.8. The smallest absolute Gasteiger partial charge is 0.150 e. The van der Waals surface area contributed by atoms with Crippen LogP contribution in [0.1, 0.15) is 45.4 Å². The van der Waals surface area contributed by atoms with Gasteiger partial charge in [-0.2, -0.15) is 0 Å². The fourth-order valence-corrected chi connectivity index (χ4v) is 4.96. The predicted molar refractivity (Wildman–Crippen MR) is 78.8 cm³/mol. The molecule has 0 bridgehead atoms. The van der Waals surface area contributed by atoms with Crippen LogP contribution in [0.2, 0.25) is 0 Å². The zero-order valence-corrected chi connectivity index (χ0v) is 13.0. The summed E-state index contributed by atoms with van der Waals surface area (Å²) in [6.45, 7) is 4.08. The van der Waals surface area contributed by atoms with Crippen LogP contribution in [-0.2, 0) is 9.84 Å². The van der Waals surface area contributed by atoms with Crippen molar-refractivity contribution in [3.63, 3.8) is 0 Å². The summed E-state index contributed by atoms with van der Waals surface area (Å²) in [5, 5.41) is -0.135. The summed E-state index contributed by atoms with van der Waals surface area (Å²) in [4.78, 5) is 2.51. The molecule has 19 heavy (non-hydrogen) atoms. The highest BCUT2D eigenvalue weighted by molar-refractivity contribution is 7.91. The number of likely N-dealkylation sites (tertiary alicyclic amines) is 1. The largest absolute Gasteiger partial charge is 0.329 e. The van der Waals surface area contributed by atoms with Crippen LogP contribution in [-0.4, -0.2) is 50.0 Å². The zero-order chi connectivity index (χ0) is 14.0. The molecule has 1 aliphatic carbocycles. The van der Waals surface area contributed by atoms with Crippen molar-refractivity contribution in [1.29, 1.82) is 0 Å². The first kappa shape index (κ1) is 15.3. The molecule has 0 aromatic carbocycles. The molecule has 0 amide bonds. The molecule has 2 aliphatic rings. The minimum absolute atomic E-state index is 0.135. The molecule has 0 radical (unpaired) electrons. The van der Waals surface area contributed by atoms with E-state index in [2.05, 4.69) is 11.8 Å². The van der Waals surface area contributed by atoms with E-state index in [1.54, 1.807) is 0 Å². The molecule has 112 valence electrons. The highest BCUT2D eigenvalue weighted by atomic mass is 32.2. The minimum Gasteiger partial charge on any atom is -0.329 e. The SMILES string of the molecule is CC1CCN(C2CCCC(S(C)(=O)=O)C2)C(CN)C1. The quantitative estimate of drug-likeness (QED) is 0.852. The Morgan fingerprint density at radius 1 is 1.21 bits per heavy atom. The van der Waals surface area contributed by atoms with Gasteiger partial charge < -0.3 is 5.73 Å². The Bertz CT molecular complexity index is 396. The number of rotatable bonds is 3. The van der Waals surface area contributed by atoms with Gasteiger partial charge in [-0.05, 0) is 44.6 Å². The molecule has 1 saturated heterocycles. The second-order valence-electron chi connectivity index (χ2n) is 6.53. The van der Waals surface area contributed by atoms with E-state index in [4.69, 9.17) is 5.73 Å². The van der Waals surface area contributed by atoms with Crippen molar-refractivity contribution in [2.24, 2.45) is 11.7 Å². The lowest BCUT2D eigenvalue weighted by Gasteiger charge is -2.45. The fraction of sp³-hybridized carbons (Fsp3) is 1.00. The monoisotopic (exact) mass is 288 g/mol. The van der Waals surface area contributed by atoms with Gasteiger partial charge >= 0.3 is 0 Å². The average molecular weight is 288 g/mol. The van der Waals surface area contributed by atoms with E-state index in [-0.39, 0.29) is 5.25 Å². The Morgan fingerprint density at radius 2 is 1.95 bits per heavy atom. The fourth-order valence-electron chi connectivity index (χ4n) is 3.79. The Labute approximate surface area is 117 Å². The maximum Gasteiger partial charge on any atom is 0.150 e. The van der Waals surface area contributed by atoms with Gasteiger partial charge in [-0.25, -0.2) is 8.42 Å². The van der Waals surface area contributed by atoms with Crippen LogP contribution < -0.4 is 5.73 Å². The van der Waals surface area contributed by atoms with Crippen LogP contribution in [0, 0.1) is 5.92 Å². The molecule has 4 unspecified atom stereocenters. The summed E-state index contributed by atoms with van der Waals surface area (Å²) in [5.74, 6) is 0.749. The summed E-state index contributed by atoms with van der Waals surface area (Å²) in [5.41, 5.74) is 5.92. The summed E-state index contributed by atoms with van der Waals surface area (Å²) < 4.78 is 23.5. The molecule has 2 fully saturated rings. The lowest BCUT2D eigenvalue weighted by Crippen LogP contribution is -2.53. The third-order valence-electron chi connectivity index (χ3n) is 4.97. The maximum absolute atomic E-state index is 11.8. The number of nitrogens with zero attached hydrogens (tertiary/aromatic N) is 1. The van der Waals surface area contributed by atoms with Crippen LogP contribution in [0.3, 0.4) is 0 Å². The van der Waals surface area contributed by atoms with E-state index >= 15 is 0 Å². The van der Waals surface area contributed by atoms with Gasteiger partial charge in [0.15, 0.2) is 0 Å². The van der Waals surface area contributed by atoms with E-state index < -0.39 is 9.84 Å². The number of hydrogen-bond donors (Lipinski definition) is 1. The average Bonchev–Trinajstić information content (AvgIpc) is 2.37. The Hall–Kier alpha value is -0.130.